The number of ketones is 1. The van der Waals surface area contributed by atoms with Crippen molar-refractivity contribution >= 4 is 45.6 Å². The molecule has 0 amide bonds. The van der Waals surface area contributed by atoms with Crippen LogP contribution in [0.2, 0.25) is 0 Å². The standard InChI is InChI=1S/C8H15NO2.C7H16N2O.C7H15NO.C6H14N2.C6H11NO2.C6H13NO.C5H10BrN.C5H12N2.2C5H11NO2.C5H11NO.C5H9NO.C5H11NO.C4H10N2.C4H9NO.C4H11NO/c1-2-11-8(10)7-3-5-9-6-4-7;10-7-6-9-4-1-2-8-3-5-9;9-6-3-7-1-4-8-5-2-7;1-3-7-5-2-6-8-4-1;1-9-6(8)5-3-2-4-7-5;8-5-6-1-3-7-4-2-6;6-5-1-3-7-4-2-5;1-2-6-4-5-7-3-1;1-6-4-2-3-5(7)8;1-3-8-5(7)4-6-2;2*7-5-1-3-6-4-2-5;7-4-5-2-1-3-6-5;1-2-6-4-3-5-1;6-4-1-2-5-3-4;1-2-5-3-4-6/h7,9H,2-6H2,1H3;8,10H,1-7H2;7-9H,1-6H2;7-8H,1-6H2;5,7H,2-4H2,1H3;6-8H,1-5H2;5,7H,1-4H2;6-7H,1-5H2;6H,2-4H2,1H3,(H,7,8);6H,3-4H2,1-2H3;5-7H,1-4H2;6H,1-4H2;5-7H,1-4H2;5-6H,1-4H2;4-6H,1-3H2;5-6H,2-4H2,1H3/t;;;;5-;;;;;;;;5-;;4-;/m....0.......0.1./s1. The fourth-order valence-electron chi connectivity index (χ4n) is 13.2. The molecule has 0 unspecified atom stereocenters. The Morgan fingerprint density at radius 2 is 0.903 bits per heavy atom. The number of methoxy groups -OCH3 is 1. The monoisotopic (exact) mass is 1850 g/mol. The largest absolute Gasteiger partial charge is 0.481 e. The van der Waals surface area contributed by atoms with Crippen LogP contribution in [0, 0.1) is 17.8 Å². The summed E-state index contributed by atoms with van der Waals surface area (Å²) in [6.07, 6.45) is 24.8. The number of halogens is 1. The topological polar surface area (TPSA) is 507 Å². The van der Waals surface area contributed by atoms with Gasteiger partial charge in [0.05, 0.1) is 64.8 Å². The number of carbonyl (C=O) groups excluding carboxylic acids is 4. The number of aliphatic carboxylic acids is 1. The van der Waals surface area contributed by atoms with Crippen LogP contribution in [0.25, 0.3) is 0 Å². The van der Waals surface area contributed by atoms with E-state index in [1.54, 1.807) is 14.0 Å². The zero-order chi connectivity index (χ0) is 91.7. The van der Waals surface area contributed by atoms with Crippen LogP contribution in [0.1, 0.15) is 175 Å². The zero-order valence-corrected chi connectivity index (χ0v) is 80.0. The van der Waals surface area contributed by atoms with Gasteiger partial charge in [0, 0.05) is 128 Å². The summed E-state index contributed by atoms with van der Waals surface area (Å²) in [6, 6.07) is 0.370. The van der Waals surface area contributed by atoms with E-state index in [0.717, 1.165) is 277 Å². The predicted octanol–water partition coefficient (Wildman–Crippen LogP) is -1.91. The summed E-state index contributed by atoms with van der Waals surface area (Å²) in [5.41, 5.74) is 0. The summed E-state index contributed by atoms with van der Waals surface area (Å²) in [5, 5.41) is 128. The number of carbonyl (C=O) groups is 5. The minimum absolute atomic E-state index is 0.0194. The first-order chi connectivity index (χ1) is 60.5. The molecule has 740 valence electrons. The highest BCUT2D eigenvalue weighted by atomic mass is 79.9. The van der Waals surface area contributed by atoms with Crippen molar-refractivity contribution in [3.05, 3.63) is 0 Å². The second kappa shape index (κ2) is 102. The van der Waals surface area contributed by atoms with Crippen LogP contribution in [0.5, 0.6) is 0 Å². The molecule has 13 rings (SSSR count). The lowest BCUT2D eigenvalue weighted by atomic mass is 9.95. The molecule has 0 spiro atoms. The first kappa shape index (κ1) is 125. The number of hydrogen-bond donors (Lipinski definition) is 27. The minimum atomic E-state index is -0.722. The van der Waals surface area contributed by atoms with Gasteiger partial charge in [-0.3, -0.25) is 28.9 Å². The van der Waals surface area contributed by atoms with Gasteiger partial charge in [-0.2, -0.15) is 0 Å². The zero-order valence-electron chi connectivity index (χ0n) is 78.4. The fraction of sp³-hybridized carbons (Fsp3) is 0.943. The van der Waals surface area contributed by atoms with Gasteiger partial charge in [0.15, 0.2) is 0 Å². The number of aliphatic hydroxyl groups is 7. The van der Waals surface area contributed by atoms with Gasteiger partial charge < -0.3 is 156 Å². The predicted molar refractivity (Wildman–Crippen MR) is 506 cm³/mol. The van der Waals surface area contributed by atoms with Gasteiger partial charge in [0.1, 0.15) is 11.8 Å². The van der Waals surface area contributed by atoms with Crippen LogP contribution in [0.4, 0.5) is 0 Å². The van der Waals surface area contributed by atoms with E-state index in [1.165, 1.54) is 117 Å². The Morgan fingerprint density at radius 1 is 0.444 bits per heavy atom. The molecule has 13 aliphatic rings. The highest BCUT2D eigenvalue weighted by Crippen LogP contribution is 2.16. The Labute approximate surface area is 758 Å². The smallest absolute Gasteiger partial charge is 0.322 e. The van der Waals surface area contributed by atoms with Crippen LogP contribution >= 0.6 is 15.9 Å². The van der Waals surface area contributed by atoms with Crippen molar-refractivity contribution in [1.82, 2.24) is 106 Å². The maximum atomic E-state index is 11.1. The maximum Gasteiger partial charge on any atom is 0.322 e. The minimum Gasteiger partial charge on any atom is -0.481 e. The molecule has 13 heterocycles. The van der Waals surface area contributed by atoms with E-state index in [-0.39, 0.29) is 55.1 Å². The van der Waals surface area contributed by atoms with Crippen molar-refractivity contribution < 1.29 is 79.0 Å². The molecule has 0 aromatic carbocycles. The Bertz CT molecular complexity index is 2090. The number of likely N-dealkylation sites (N-methyl/N-ethyl adjacent to an activating group) is 2. The summed E-state index contributed by atoms with van der Waals surface area (Å²) in [6.45, 7) is 46.4. The highest BCUT2D eigenvalue weighted by Gasteiger charge is 2.23. The first-order valence-electron chi connectivity index (χ1n) is 47.8. The Kier molecular flexibility index (Phi) is 103. The van der Waals surface area contributed by atoms with Crippen molar-refractivity contribution in [2.75, 3.05) is 310 Å². The van der Waals surface area contributed by atoms with Gasteiger partial charge in [-0.1, -0.05) is 22.9 Å². The van der Waals surface area contributed by atoms with E-state index < -0.39 is 5.97 Å². The van der Waals surface area contributed by atoms with Crippen LogP contribution in [-0.4, -0.2) is 414 Å². The molecule has 13 saturated heterocycles. The number of hydrogen-bond acceptors (Lipinski definition) is 35. The number of carboxylic acids is 1. The van der Waals surface area contributed by atoms with E-state index in [9.17, 15) is 24.0 Å². The second-order valence-corrected chi connectivity index (χ2v) is 32.9. The van der Waals surface area contributed by atoms with Crippen LogP contribution in [0.3, 0.4) is 0 Å². The van der Waals surface area contributed by atoms with Gasteiger partial charge in [-0.15, -0.1) is 0 Å². The third kappa shape index (κ3) is 93.6. The molecular formula is C87H189BrN20O16. The number of nitrogens with one attached hydrogen (secondary N) is 19. The number of piperazine rings is 1. The van der Waals surface area contributed by atoms with Crippen molar-refractivity contribution in [3.8, 4) is 0 Å². The number of carboxylic acid groups (broad SMARTS) is 1. The molecule has 0 bridgehead atoms. The lowest BCUT2D eigenvalue weighted by molar-refractivity contribution is -0.149. The van der Waals surface area contributed by atoms with Gasteiger partial charge in [-0.05, 0) is 325 Å². The number of rotatable bonds is 19. The molecule has 13 fully saturated rings. The molecule has 0 aliphatic carbocycles. The number of esters is 3. The molecule has 0 aromatic rings. The van der Waals surface area contributed by atoms with Crippen molar-refractivity contribution in [2.45, 2.75) is 204 Å². The summed E-state index contributed by atoms with van der Waals surface area (Å²) in [4.78, 5) is 55.6. The van der Waals surface area contributed by atoms with E-state index in [2.05, 4.69) is 131 Å². The molecular weight excluding hydrogens is 1660 g/mol. The summed E-state index contributed by atoms with van der Waals surface area (Å²) < 4.78 is 14.0. The first-order valence-corrected chi connectivity index (χ1v) is 48.7. The van der Waals surface area contributed by atoms with Gasteiger partial charge >= 0.3 is 23.9 Å². The van der Waals surface area contributed by atoms with Crippen molar-refractivity contribution in [2.24, 2.45) is 17.8 Å². The SMILES string of the molecule is BrC1CCNCC1.C1CNCCCNC1.C1CNCCN1.C1CNCCNC1.CCNCCO.CCOC(=O)C1CCNCC1.CCOC(=O)CNC.CNCCCC(=O)O.COC(=O)[C@@H]1CCCN1.O=C1CCNCC1.OC1CCNCC1.OCC1CCNCC1.OCCC1CCNCC1.OCCN1CCCNCC1.OC[C@@H]1CCCN1.O[C@@H]1CCNC1. The van der Waals surface area contributed by atoms with Gasteiger partial charge in [0.2, 0.25) is 0 Å². The second-order valence-electron chi connectivity index (χ2n) is 31.6. The number of Topliss-reactive ketones (excluding diaryl/α,β-unsaturated/α-hetero) is 1. The van der Waals surface area contributed by atoms with Gasteiger partial charge in [0.25, 0.3) is 0 Å². The van der Waals surface area contributed by atoms with E-state index >= 15 is 0 Å². The third-order valence-electron chi connectivity index (χ3n) is 20.8. The van der Waals surface area contributed by atoms with E-state index in [1.807, 2.05) is 20.9 Å². The normalized spacial score (nSPS) is 21.8. The highest BCUT2D eigenvalue weighted by molar-refractivity contribution is 9.09. The van der Waals surface area contributed by atoms with Gasteiger partial charge in [-0.25, -0.2) is 0 Å². The maximum absolute atomic E-state index is 11.1. The average Bonchev–Trinajstić information content (AvgIpc) is 1.45. The number of nitrogens with zero attached hydrogens (tertiary/aromatic N) is 1. The third-order valence-corrected chi connectivity index (χ3v) is 21.7. The Balaban J connectivity index is -0.00000126. The van der Waals surface area contributed by atoms with Crippen molar-refractivity contribution in [3.63, 3.8) is 0 Å². The molecule has 0 saturated carbocycles. The molecule has 3 atom stereocenters. The molecule has 124 heavy (non-hydrogen) atoms. The number of aliphatic hydroxyl groups excluding tert-OH is 7. The molecule has 0 aromatic heterocycles. The number of β-amino-alcohol motifs (C(OH)–C–C–N with tert-alkyl or cyclic N) is 2. The lowest BCUT2D eigenvalue weighted by Crippen LogP contribution is -2.39. The summed E-state index contributed by atoms with van der Waals surface area (Å²) in [5.74, 6) is 0.846. The Hall–Kier alpha value is -3.05. The van der Waals surface area contributed by atoms with E-state index in [4.69, 9.17) is 45.6 Å². The van der Waals surface area contributed by atoms with Crippen LogP contribution in [0.15, 0.2) is 0 Å². The molecule has 27 N–H and O–H groups in total. The molecule has 13 aliphatic heterocycles. The summed E-state index contributed by atoms with van der Waals surface area (Å²) >= 11 is 3.55. The van der Waals surface area contributed by atoms with Crippen LogP contribution < -0.4 is 101 Å². The average molecular weight is 1850 g/mol. The number of ether oxygens (including phenoxy) is 3. The molecule has 36 nitrogen and oxygen atoms in total. The number of piperidine rings is 6. The Morgan fingerprint density at radius 3 is 1.24 bits per heavy atom. The quantitative estimate of drug-likeness (QED) is 0.0290. The molecule has 0 radical (unpaired) electrons. The fourth-order valence-corrected chi connectivity index (χ4v) is 13.7. The van der Waals surface area contributed by atoms with Crippen LogP contribution in [-0.2, 0) is 38.2 Å². The van der Waals surface area contributed by atoms with E-state index in [0.29, 0.717) is 70.3 Å². The number of alkyl halides is 1. The van der Waals surface area contributed by atoms with Crippen molar-refractivity contribution in [1.29, 1.82) is 0 Å². The lowest BCUT2D eigenvalue weighted by Gasteiger charge is -2.21. The summed E-state index contributed by atoms with van der Waals surface area (Å²) in [7, 11) is 4.93. The molecule has 37 heteroatoms.